The molecule has 0 fully saturated rings. The van der Waals surface area contributed by atoms with Crippen LogP contribution in [0.3, 0.4) is 0 Å². The maximum Gasteiger partial charge on any atom is 0.328 e. The van der Waals surface area contributed by atoms with Gasteiger partial charge >= 0.3 is 23.9 Å². The number of halogens is 4. The zero-order valence-corrected chi connectivity index (χ0v) is 67.1. The normalized spacial score (nSPS) is 11.0. The Labute approximate surface area is 642 Å². The highest BCUT2D eigenvalue weighted by molar-refractivity contribution is 9.11. The molecule has 12 rings (SSSR count). The third-order valence-corrected chi connectivity index (χ3v) is 20.7. The predicted molar refractivity (Wildman–Crippen MR) is 412 cm³/mol. The summed E-state index contributed by atoms with van der Waals surface area (Å²) in [7, 11) is 5.20. The number of aromatic nitrogens is 16. The number of esters is 4. The van der Waals surface area contributed by atoms with Crippen molar-refractivity contribution in [1.82, 2.24) is 81.5 Å². The lowest BCUT2D eigenvalue weighted by Crippen LogP contribution is -2.22. The van der Waals surface area contributed by atoms with Crippen molar-refractivity contribution in [2.75, 3.05) is 53.2 Å². The van der Waals surface area contributed by atoms with Crippen molar-refractivity contribution in [1.29, 1.82) is 0 Å². The lowest BCUT2D eigenvalue weighted by atomic mass is 10.1. The fourth-order valence-electron chi connectivity index (χ4n) is 9.72. The molecule has 12 aromatic rings. The van der Waals surface area contributed by atoms with E-state index >= 15 is 0 Å². The minimum absolute atomic E-state index is 0.0224. The van der Waals surface area contributed by atoms with Crippen LogP contribution in [0.2, 0.25) is 10.0 Å². The monoisotopic (exact) mass is 1650 g/mol. The number of carbonyl (C=O) groups excluding carboxylic acids is 4. The standard InChI is InChI=1S/C19H22BrN5O2S.C17H17BrN4O2S.C17H17ClN4O2S2.C16H15ClN4O2S/c1-12-6-5-7-14(10-12)18-21-19(28-23-18)17-16(20)13(2)22-25(17)11-15(26)27-9-8-24(3)4;1-4-24-13(23)9-22-15(14(18)11(3)20-22)17-19-16(21-25-17)12-7-5-6-10(2)8-12;1-10-5-4-6-12(7-10)16-19-17(26-21-16)15-14(18)11(2)20-22(15)8-13(23)24-9-25-3;1-9-5-4-6-11(7-9)15-18-16(24-20-15)14-13(17)10(2)19-21(14)8-12(22)23-3/h5-7,10H,8-9,11H2,1-4H3;5-8H,4,9H2,1-3H3;4-7H,8-9H2,1-3H3;4-7H,8H2,1-3H3. The maximum atomic E-state index is 12.2. The molecule has 0 amide bonds. The molecule has 0 spiro atoms. The highest BCUT2D eigenvalue weighted by atomic mass is 79.9. The van der Waals surface area contributed by atoms with Gasteiger partial charge in [0.25, 0.3) is 0 Å². The largest absolute Gasteiger partial charge is 0.468 e. The molecule has 4 aromatic carbocycles. The Morgan fingerprint density at radius 3 is 1.10 bits per heavy atom. The van der Waals surface area contributed by atoms with Gasteiger partial charge in [0.2, 0.25) is 0 Å². The molecule has 8 aromatic heterocycles. The number of likely N-dealkylation sites (N-methyl/N-ethyl adjacent to an activating group) is 1. The van der Waals surface area contributed by atoms with Crippen LogP contribution in [0.25, 0.3) is 88.4 Å². The topological polar surface area (TPSA) is 283 Å². The highest BCUT2D eigenvalue weighted by Gasteiger charge is 2.27. The van der Waals surface area contributed by atoms with Gasteiger partial charge < -0.3 is 23.8 Å². The molecule has 34 heteroatoms. The summed E-state index contributed by atoms with van der Waals surface area (Å²) in [5.74, 6) is 1.44. The van der Waals surface area contributed by atoms with Gasteiger partial charge in [0.15, 0.2) is 43.3 Å². The number of hydrogen-bond acceptors (Lipinski definition) is 26. The van der Waals surface area contributed by atoms with Gasteiger partial charge in [0.05, 0.1) is 55.5 Å². The van der Waals surface area contributed by atoms with Crippen molar-refractivity contribution < 1.29 is 38.1 Å². The molecule has 538 valence electrons. The van der Waals surface area contributed by atoms with Gasteiger partial charge in [0.1, 0.15) is 61.5 Å². The van der Waals surface area contributed by atoms with Gasteiger partial charge in [-0.15, -0.1) is 11.8 Å². The van der Waals surface area contributed by atoms with E-state index in [9.17, 15) is 19.2 Å². The Morgan fingerprint density at radius 2 is 0.777 bits per heavy atom. The zero-order chi connectivity index (χ0) is 74.2. The predicted octanol–water partition coefficient (Wildman–Crippen LogP) is 15.3. The van der Waals surface area contributed by atoms with E-state index < -0.39 is 5.97 Å². The molecule has 103 heavy (non-hydrogen) atoms. The molecule has 0 aliphatic heterocycles. The Kier molecular flexibility index (Phi) is 28.2. The number of thioether (sulfide) groups is 1. The number of hydrogen-bond donors (Lipinski definition) is 0. The van der Waals surface area contributed by atoms with Crippen LogP contribution in [0.5, 0.6) is 0 Å². The number of rotatable bonds is 22. The third-order valence-electron chi connectivity index (χ3n) is 14.6. The summed E-state index contributed by atoms with van der Waals surface area (Å²) in [6.07, 6.45) is 1.86. The first-order chi connectivity index (χ1) is 49.3. The van der Waals surface area contributed by atoms with E-state index in [4.69, 9.17) is 42.1 Å². The molecule has 25 nitrogen and oxygen atoms in total. The summed E-state index contributed by atoms with van der Waals surface area (Å²) >= 11 is 26.3. The first-order valence-corrected chi connectivity index (χ1v) is 38.4. The van der Waals surface area contributed by atoms with Crippen molar-refractivity contribution >= 4 is 137 Å². The van der Waals surface area contributed by atoms with Crippen molar-refractivity contribution in [3.8, 4) is 88.4 Å². The zero-order valence-electron chi connectivity index (χ0n) is 58.3. The molecule has 0 saturated carbocycles. The van der Waals surface area contributed by atoms with E-state index in [1.54, 1.807) is 30.1 Å². The van der Waals surface area contributed by atoms with E-state index in [1.165, 1.54) is 74.4 Å². The molecule has 8 heterocycles. The van der Waals surface area contributed by atoms with Gasteiger partial charge in [0, 0.05) is 28.8 Å². The molecular weight excluding hydrogens is 1590 g/mol. The molecule has 0 aliphatic rings. The Morgan fingerprint density at radius 1 is 0.466 bits per heavy atom. The SMILES string of the molecule is CCOC(=O)Cn1nc(C)c(Br)c1-c1nc(-c2cccc(C)c2)ns1.COC(=O)Cn1nc(C)c(Cl)c1-c1nc(-c2cccc(C)c2)ns1.CSCOC(=O)Cn1nc(C)c(Cl)c1-c1nc(-c2cccc(C)c2)ns1.Cc1cccc(-c2nsc(-c3c(Br)c(C)nn3CC(=O)OCCN(C)C)n2)c1. The fraction of sp³-hybridized carbons (Fsp3) is 0.304. The van der Waals surface area contributed by atoms with Crippen molar-refractivity contribution in [3.05, 3.63) is 161 Å². The first kappa shape index (κ1) is 78.8. The number of carbonyl (C=O) groups is 4. The van der Waals surface area contributed by atoms with Gasteiger partial charge in [-0.3, -0.25) is 19.2 Å². The second-order valence-electron chi connectivity index (χ2n) is 23.1. The average Bonchev–Trinajstić information content (AvgIpc) is 1.66. The van der Waals surface area contributed by atoms with Crippen molar-refractivity contribution in [2.24, 2.45) is 0 Å². The van der Waals surface area contributed by atoms with Crippen LogP contribution in [0, 0.1) is 55.4 Å². The van der Waals surface area contributed by atoms with E-state index in [0.29, 0.717) is 102 Å². The molecule has 0 saturated heterocycles. The van der Waals surface area contributed by atoms with Crippen molar-refractivity contribution in [3.63, 3.8) is 0 Å². The first-order valence-electron chi connectivity index (χ1n) is 31.6. The van der Waals surface area contributed by atoms with Crippen LogP contribution in [0.15, 0.2) is 106 Å². The van der Waals surface area contributed by atoms with Crippen LogP contribution >= 0.6 is 113 Å². The van der Waals surface area contributed by atoms with Gasteiger partial charge in [-0.2, -0.15) is 37.9 Å². The Bertz CT molecular complexity index is 4960. The summed E-state index contributed by atoms with van der Waals surface area (Å²) in [5, 5.41) is 21.1. The quantitative estimate of drug-likeness (QED) is 0.0346. The average molecular weight is 1660 g/mol. The lowest BCUT2D eigenvalue weighted by molar-refractivity contribution is -0.145. The fourth-order valence-corrected chi connectivity index (χ4v) is 14.7. The van der Waals surface area contributed by atoms with Crippen molar-refractivity contribution in [2.45, 2.75) is 88.5 Å². The number of nitrogens with zero attached hydrogens (tertiary/aromatic N) is 17. The van der Waals surface area contributed by atoms with Crippen LogP contribution in [0.1, 0.15) is 52.0 Å². The van der Waals surface area contributed by atoms with Gasteiger partial charge in [-0.1, -0.05) is 118 Å². The Balaban J connectivity index is 0.000000160. The molecule has 0 aliphatic carbocycles. The van der Waals surface area contributed by atoms with E-state index in [2.05, 4.69) is 89.7 Å². The van der Waals surface area contributed by atoms with Gasteiger partial charge in [-0.25, -0.2) is 38.7 Å². The van der Waals surface area contributed by atoms with Gasteiger partial charge in [-0.05, 0) is 185 Å². The lowest BCUT2D eigenvalue weighted by Gasteiger charge is -2.10. The minimum Gasteiger partial charge on any atom is -0.468 e. The van der Waals surface area contributed by atoms with Crippen LogP contribution < -0.4 is 0 Å². The van der Waals surface area contributed by atoms with Crippen LogP contribution in [-0.2, 0) is 64.3 Å². The van der Waals surface area contributed by atoms with Crippen LogP contribution in [-0.4, -0.2) is 158 Å². The molecule has 0 radical (unpaired) electrons. The number of benzene rings is 4. The molecule has 0 bridgehead atoms. The maximum absolute atomic E-state index is 12.2. The summed E-state index contributed by atoms with van der Waals surface area (Å²) in [6, 6.07) is 32.0. The molecular formula is C69H71Br2Cl2N17O8S5. The smallest absolute Gasteiger partial charge is 0.328 e. The summed E-state index contributed by atoms with van der Waals surface area (Å²) in [6.45, 7) is 18.6. The summed E-state index contributed by atoms with van der Waals surface area (Å²) < 4.78 is 45.8. The van der Waals surface area contributed by atoms with E-state index in [1.807, 2.05) is 164 Å². The summed E-state index contributed by atoms with van der Waals surface area (Å²) in [4.78, 5) is 68.1. The molecule has 0 atom stereocenters. The Hall–Kier alpha value is -8.31. The molecule has 0 N–H and O–H groups in total. The minimum atomic E-state index is -0.404. The second kappa shape index (κ2) is 36.9. The number of aryl methyl sites for hydroxylation is 8. The third kappa shape index (κ3) is 20.8. The summed E-state index contributed by atoms with van der Waals surface area (Å²) in [5.41, 5.74) is 13.8. The van der Waals surface area contributed by atoms with Crippen LogP contribution in [0.4, 0.5) is 0 Å². The highest BCUT2D eigenvalue weighted by Crippen LogP contribution is 2.38. The number of ether oxygens (including phenoxy) is 4. The molecule has 0 unspecified atom stereocenters. The number of methoxy groups -OCH3 is 1. The van der Waals surface area contributed by atoms with E-state index in [0.717, 1.165) is 76.2 Å². The van der Waals surface area contributed by atoms with E-state index in [-0.39, 0.29) is 44.1 Å². The second-order valence-corrected chi connectivity index (χ2v) is 29.3.